The number of carbonyl (C=O) groups excluding carboxylic acids is 1. The summed E-state index contributed by atoms with van der Waals surface area (Å²) in [5.41, 5.74) is -1.21. The van der Waals surface area contributed by atoms with E-state index in [-0.39, 0.29) is 5.78 Å². The Kier molecular flexibility index (Phi) is 2.64. The summed E-state index contributed by atoms with van der Waals surface area (Å²) >= 11 is 0. The molecule has 0 N–H and O–H groups in total. The molecule has 0 radical (unpaired) electrons. The minimum absolute atomic E-state index is 0.0235. The molecule has 0 saturated heterocycles. The predicted molar refractivity (Wildman–Crippen MR) is 55.7 cm³/mol. The van der Waals surface area contributed by atoms with E-state index in [1.165, 1.54) is 12.2 Å². The highest BCUT2D eigenvalue weighted by atomic mass is 16.5. The van der Waals surface area contributed by atoms with Crippen LogP contribution >= 0.6 is 0 Å². The van der Waals surface area contributed by atoms with Crippen LogP contribution in [0.1, 0.15) is 20.8 Å². The second kappa shape index (κ2) is 3.43. The lowest BCUT2D eigenvalue weighted by atomic mass is 9.98. The van der Waals surface area contributed by atoms with Crippen molar-refractivity contribution < 1.29 is 9.53 Å². The van der Waals surface area contributed by atoms with Crippen LogP contribution < -0.4 is 0 Å². The molecule has 1 aliphatic rings. The van der Waals surface area contributed by atoms with Gasteiger partial charge in [0.1, 0.15) is 11.2 Å². The Morgan fingerprint density at radius 3 is 2.36 bits per heavy atom. The number of ketones is 1. The minimum Gasteiger partial charge on any atom is -0.349 e. The van der Waals surface area contributed by atoms with Gasteiger partial charge in [-0.1, -0.05) is 5.92 Å². The van der Waals surface area contributed by atoms with Crippen molar-refractivity contribution in [1.29, 1.82) is 0 Å². The molecule has 0 spiro atoms. The van der Waals surface area contributed by atoms with E-state index in [1.807, 2.05) is 20.8 Å². The van der Waals surface area contributed by atoms with Crippen LogP contribution in [-0.4, -0.2) is 17.0 Å². The summed E-state index contributed by atoms with van der Waals surface area (Å²) in [6, 6.07) is 0. The van der Waals surface area contributed by atoms with Crippen molar-refractivity contribution in [3.63, 3.8) is 0 Å². The van der Waals surface area contributed by atoms with Crippen molar-refractivity contribution in [3.8, 4) is 12.3 Å². The van der Waals surface area contributed by atoms with Gasteiger partial charge in [0.25, 0.3) is 0 Å². The molecule has 2 nitrogen and oxygen atoms in total. The van der Waals surface area contributed by atoms with E-state index in [1.54, 1.807) is 12.2 Å². The third-order valence-electron chi connectivity index (χ3n) is 1.98. The van der Waals surface area contributed by atoms with Gasteiger partial charge in [0, 0.05) is 0 Å². The Bertz CT molecular complexity index is 324. The van der Waals surface area contributed by atoms with Crippen LogP contribution in [0.3, 0.4) is 0 Å². The Balaban J connectivity index is 2.80. The van der Waals surface area contributed by atoms with Gasteiger partial charge in [-0.3, -0.25) is 4.79 Å². The van der Waals surface area contributed by atoms with E-state index in [4.69, 9.17) is 11.2 Å². The highest BCUT2D eigenvalue weighted by molar-refractivity contribution is 6.00. The first-order chi connectivity index (χ1) is 6.37. The van der Waals surface area contributed by atoms with E-state index in [2.05, 4.69) is 5.92 Å². The fourth-order valence-corrected chi connectivity index (χ4v) is 1.25. The first-order valence-corrected chi connectivity index (χ1v) is 4.47. The largest absolute Gasteiger partial charge is 0.349 e. The molecule has 0 bridgehead atoms. The molecule has 1 aliphatic carbocycles. The zero-order chi connectivity index (χ0) is 10.8. The Hall–Kier alpha value is -1.33. The molecule has 0 atom stereocenters. The molecule has 0 amide bonds. The summed E-state index contributed by atoms with van der Waals surface area (Å²) in [5.74, 6) is 2.53. The standard InChI is InChI=1S/C12H14O2/c1-5-11(2,3)14-12(4)8-6-10(13)7-9-12/h1,6-9H,2-4H3. The minimum atomic E-state index is -0.635. The summed E-state index contributed by atoms with van der Waals surface area (Å²) in [5, 5.41) is 0. The van der Waals surface area contributed by atoms with E-state index in [0.29, 0.717) is 0 Å². The number of ether oxygens (including phenoxy) is 1. The molecule has 0 heterocycles. The molecule has 74 valence electrons. The lowest BCUT2D eigenvalue weighted by molar-refractivity contribution is -0.111. The van der Waals surface area contributed by atoms with Crippen LogP contribution in [0.2, 0.25) is 0 Å². The second-order valence-electron chi connectivity index (χ2n) is 4.01. The number of rotatable bonds is 2. The van der Waals surface area contributed by atoms with Crippen molar-refractivity contribution in [2.24, 2.45) is 0 Å². The van der Waals surface area contributed by atoms with Crippen molar-refractivity contribution in [2.45, 2.75) is 32.0 Å². The fourth-order valence-electron chi connectivity index (χ4n) is 1.25. The van der Waals surface area contributed by atoms with Crippen LogP contribution in [0.15, 0.2) is 24.3 Å². The number of hydrogen-bond acceptors (Lipinski definition) is 2. The highest BCUT2D eigenvalue weighted by Crippen LogP contribution is 2.24. The second-order valence-corrected chi connectivity index (χ2v) is 4.01. The van der Waals surface area contributed by atoms with Crippen molar-refractivity contribution in [2.75, 3.05) is 0 Å². The van der Waals surface area contributed by atoms with Crippen LogP contribution in [0.4, 0.5) is 0 Å². The van der Waals surface area contributed by atoms with Crippen LogP contribution in [-0.2, 0) is 9.53 Å². The van der Waals surface area contributed by atoms with Gasteiger partial charge < -0.3 is 4.74 Å². The Morgan fingerprint density at radius 2 is 1.93 bits per heavy atom. The molecule has 0 aromatic carbocycles. The summed E-state index contributed by atoms with van der Waals surface area (Å²) < 4.78 is 5.70. The lowest BCUT2D eigenvalue weighted by Crippen LogP contribution is -2.36. The fraction of sp³-hybridized carbons (Fsp3) is 0.417. The molecule has 0 aromatic heterocycles. The monoisotopic (exact) mass is 190 g/mol. The lowest BCUT2D eigenvalue weighted by Gasteiger charge is -2.32. The van der Waals surface area contributed by atoms with Gasteiger partial charge in [0.05, 0.1) is 0 Å². The van der Waals surface area contributed by atoms with Crippen LogP contribution in [0.25, 0.3) is 0 Å². The number of allylic oxidation sites excluding steroid dienone is 2. The number of hydrogen-bond donors (Lipinski definition) is 0. The maximum Gasteiger partial charge on any atom is 0.178 e. The van der Waals surface area contributed by atoms with Crippen molar-refractivity contribution >= 4 is 5.78 Å². The molecule has 0 unspecified atom stereocenters. The molecular formula is C12H14O2. The average Bonchev–Trinajstić information content (AvgIpc) is 2.10. The van der Waals surface area contributed by atoms with Crippen molar-refractivity contribution in [3.05, 3.63) is 24.3 Å². The third-order valence-corrected chi connectivity index (χ3v) is 1.98. The molecule has 14 heavy (non-hydrogen) atoms. The van der Waals surface area contributed by atoms with E-state index in [0.717, 1.165) is 0 Å². The molecule has 0 aromatic rings. The molecule has 0 aliphatic heterocycles. The number of terminal acetylenes is 1. The molecular weight excluding hydrogens is 176 g/mol. The normalized spacial score (nSPS) is 19.4. The van der Waals surface area contributed by atoms with E-state index < -0.39 is 11.2 Å². The quantitative estimate of drug-likeness (QED) is 0.621. The van der Waals surface area contributed by atoms with Crippen molar-refractivity contribution in [1.82, 2.24) is 0 Å². The molecule has 0 saturated carbocycles. The van der Waals surface area contributed by atoms with Gasteiger partial charge in [0.2, 0.25) is 0 Å². The predicted octanol–water partition coefficient (Wildman–Crippen LogP) is 1.87. The summed E-state index contributed by atoms with van der Waals surface area (Å²) in [7, 11) is 0. The van der Waals surface area contributed by atoms with Gasteiger partial charge in [-0.2, -0.15) is 0 Å². The van der Waals surface area contributed by atoms with Gasteiger partial charge in [-0.15, -0.1) is 6.42 Å². The zero-order valence-electron chi connectivity index (χ0n) is 8.70. The summed E-state index contributed by atoms with van der Waals surface area (Å²) in [6.07, 6.45) is 11.7. The smallest absolute Gasteiger partial charge is 0.178 e. The Labute approximate surface area is 84.6 Å². The maximum atomic E-state index is 10.9. The molecule has 0 fully saturated rings. The first-order valence-electron chi connectivity index (χ1n) is 4.47. The molecule has 2 heteroatoms. The third kappa shape index (κ3) is 2.58. The van der Waals surface area contributed by atoms with Gasteiger partial charge in [-0.05, 0) is 45.1 Å². The van der Waals surface area contributed by atoms with E-state index in [9.17, 15) is 4.79 Å². The van der Waals surface area contributed by atoms with Gasteiger partial charge >= 0.3 is 0 Å². The number of carbonyl (C=O) groups is 1. The van der Waals surface area contributed by atoms with Gasteiger partial charge in [0.15, 0.2) is 5.78 Å². The highest BCUT2D eigenvalue weighted by Gasteiger charge is 2.29. The summed E-state index contributed by atoms with van der Waals surface area (Å²) in [6.45, 7) is 5.50. The van der Waals surface area contributed by atoms with Gasteiger partial charge in [-0.25, -0.2) is 0 Å². The average molecular weight is 190 g/mol. The Morgan fingerprint density at radius 1 is 1.43 bits per heavy atom. The first kappa shape index (κ1) is 10.7. The SMILES string of the molecule is C#CC(C)(C)OC1(C)C=CC(=O)C=C1. The maximum absolute atomic E-state index is 10.9. The zero-order valence-corrected chi connectivity index (χ0v) is 8.70. The summed E-state index contributed by atoms with van der Waals surface area (Å²) in [4.78, 5) is 10.9. The van der Waals surface area contributed by atoms with E-state index >= 15 is 0 Å². The van der Waals surface area contributed by atoms with Crippen LogP contribution in [0, 0.1) is 12.3 Å². The molecule has 1 rings (SSSR count). The topological polar surface area (TPSA) is 26.3 Å². The van der Waals surface area contributed by atoms with Crippen LogP contribution in [0.5, 0.6) is 0 Å².